The topological polar surface area (TPSA) is 38.7 Å². The summed E-state index contributed by atoms with van der Waals surface area (Å²) in [7, 11) is 0. The number of alkyl halides is 1. The van der Waals surface area contributed by atoms with Crippen LogP contribution in [0.4, 0.5) is 0 Å². The number of ether oxygens (including phenoxy) is 1. The van der Waals surface area contributed by atoms with Crippen LogP contribution in [0.3, 0.4) is 0 Å². The molecule has 0 aromatic rings. The molecule has 0 amide bonds. The van der Waals surface area contributed by atoms with E-state index in [0.29, 0.717) is 0 Å². The number of rotatable bonds is 5. The van der Waals surface area contributed by atoms with Crippen molar-refractivity contribution in [3.05, 3.63) is 0 Å². The van der Waals surface area contributed by atoms with Gasteiger partial charge in [0.1, 0.15) is 12.1 Å². The average Bonchev–Trinajstić information content (AvgIpc) is 2.10. The molecule has 0 atom stereocenters. The Balaban J connectivity index is 3.89. The summed E-state index contributed by atoms with van der Waals surface area (Å²) in [6.45, 7) is 10.0. The lowest BCUT2D eigenvalue weighted by atomic mass is 9.93. The largest absolute Gasteiger partial charge is 0.459 e. The third kappa shape index (κ3) is 9.12. The van der Waals surface area contributed by atoms with Crippen molar-refractivity contribution in [2.24, 2.45) is 10.4 Å². The third-order valence-electron chi connectivity index (χ3n) is 1.78. The van der Waals surface area contributed by atoms with Crippen LogP contribution in [0.2, 0.25) is 0 Å². The highest BCUT2D eigenvalue weighted by atomic mass is 127. The average molecular weight is 339 g/mol. The molecule has 0 spiro atoms. The van der Waals surface area contributed by atoms with Gasteiger partial charge in [-0.05, 0) is 38.8 Å². The molecule has 0 aromatic heterocycles. The Bertz CT molecular complexity index is 254. The Morgan fingerprint density at radius 2 is 1.88 bits per heavy atom. The molecule has 94 valence electrons. The molecule has 3 nitrogen and oxygen atoms in total. The number of nitrogens with zero attached hydrogens (tertiary/aromatic N) is 1. The molecule has 0 unspecified atom stereocenters. The summed E-state index contributed by atoms with van der Waals surface area (Å²) in [5.41, 5.74) is -0.175. The second-order valence-electron chi connectivity index (χ2n) is 5.61. The maximum atomic E-state index is 11.3. The van der Waals surface area contributed by atoms with Crippen LogP contribution in [-0.2, 0) is 9.53 Å². The fourth-order valence-corrected chi connectivity index (χ4v) is 1.19. The van der Waals surface area contributed by atoms with Crippen molar-refractivity contribution in [2.75, 3.05) is 11.0 Å². The van der Waals surface area contributed by atoms with Crippen molar-refractivity contribution >= 4 is 34.8 Å². The molecular formula is C12H22INO2. The minimum absolute atomic E-state index is 0.120. The highest BCUT2D eigenvalue weighted by molar-refractivity contribution is 14.1. The van der Waals surface area contributed by atoms with Gasteiger partial charge in [-0.25, -0.2) is 0 Å². The number of halogens is 1. The van der Waals surface area contributed by atoms with Gasteiger partial charge in [0.15, 0.2) is 0 Å². The van der Waals surface area contributed by atoms with E-state index in [1.165, 1.54) is 0 Å². The van der Waals surface area contributed by atoms with Gasteiger partial charge in [0.25, 0.3) is 0 Å². The maximum absolute atomic E-state index is 11.3. The molecule has 16 heavy (non-hydrogen) atoms. The zero-order chi connectivity index (χ0) is 12.8. The molecule has 0 aliphatic rings. The van der Waals surface area contributed by atoms with E-state index in [2.05, 4.69) is 41.4 Å². The number of carbonyl (C=O) groups excluding carboxylic acids is 1. The first-order valence-electron chi connectivity index (χ1n) is 5.42. The molecule has 0 aromatic carbocycles. The Kier molecular flexibility index (Phi) is 6.51. The van der Waals surface area contributed by atoms with Crippen LogP contribution >= 0.6 is 22.6 Å². The summed E-state index contributed by atoms with van der Waals surface area (Å²) < 4.78 is 6.21. The summed E-state index contributed by atoms with van der Waals surface area (Å²) in [6.07, 6.45) is 2.71. The quantitative estimate of drug-likeness (QED) is 0.334. The van der Waals surface area contributed by atoms with Crippen LogP contribution in [0.15, 0.2) is 4.99 Å². The molecule has 0 saturated heterocycles. The van der Waals surface area contributed by atoms with Crippen molar-refractivity contribution < 1.29 is 9.53 Å². The minimum Gasteiger partial charge on any atom is -0.459 e. The predicted molar refractivity (Wildman–Crippen MR) is 76.5 cm³/mol. The van der Waals surface area contributed by atoms with Gasteiger partial charge in [-0.15, -0.1) is 0 Å². The molecule has 0 aliphatic carbocycles. The van der Waals surface area contributed by atoms with Crippen molar-refractivity contribution in [2.45, 2.75) is 46.6 Å². The number of aliphatic imine (C=N–C) groups is 1. The summed E-state index contributed by atoms with van der Waals surface area (Å²) in [6, 6.07) is 0. The van der Waals surface area contributed by atoms with Crippen LogP contribution in [-0.4, -0.2) is 28.8 Å². The van der Waals surface area contributed by atoms with E-state index >= 15 is 0 Å². The Hall–Kier alpha value is -0.130. The first-order chi connectivity index (χ1) is 7.16. The van der Waals surface area contributed by atoms with Gasteiger partial charge in [0, 0.05) is 4.43 Å². The van der Waals surface area contributed by atoms with E-state index in [1.807, 2.05) is 27.0 Å². The second-order valence-corrected chi connectivity index (χ2v) is 6.37. The van der Waals surface area contributed by atoms with Crippen LogP contribution in [0.25, 0.3) is 0 Å². The van der Waals surface area contributed by atoms with Gasteiger partial charge in [-0.1, -0.05) is 36.4 Å². The molecule has 0 N–H and O–H groups in total. The van der Waals surface area contributed by atoms with Crippen molar-refractivity contribution in [3.63, 3.8) is 0 Å². The SMILES string of the molecule is CC(C)(CI)C/C=N/CC(=O)OC(C)(C)C. The first-order valence-corrected chi connectivity index (χ1v) is 6.95. The van der Waals surface area contributed by atoms with E-state index in [1.54, 1.807) is 0 Å². The number of esters is 1. The summed E-state index contributed by atoms with van der Waals surface area (Å²) in [5, 5.41) is 0. The fourth-order valence-electron chi connectivity index (χ4n) is 0.879. The van der Waals surface area contributed by atoms with Gasteiger partial charge in [0.05, 0.1) is 0 Å². The molecule has 0 bridgehead atoms. The zero-order valence-corrected chi connectivity index (χ0v) is 13.0. The fraction of sp³-hybridized carbons (Fsp3) is 0.833. The summed E-state index contributed by atoms with van der Waals surface area (Å²) >= 11 is 2.36. The zero-order valence-electron chi connectivity index (χ0n) is 10.8. The van der Waals surface area contributed by atoms with Gasteiger partial charge < -0.3 is 4.74 Å². The molecule has 0 aliphatic heterocycles. The molecule has 0 heterocycles. The standard InChI is InChI=1S/C12H22INO2/c1-11(2,3)16-10(15)8-14-7-6-12(4,5)9-13/h7H,6,8-9H2,1-5H3/b14-7+. The van der Waals surface area contributed by atoms with Gasteiger partial charge >= 0.3 is 5.97 Å². The molecule has 0 radical (unpaired) electrons. The third-order valence-corrected chi connectivity index (χ3v) is 3.84. The summed E-state index contributed by atoms with van der Waals surface area (Å²) in [5.74, 6) is -0.268. The van der Waals surface area contributed by atoms with Crippen molar-refractivity contribution in [1.29, 1.82) is 0 Å². The highest BCUT2D eigenvalue weighted by Gasteiger charge is 2.16. The van der Waals surface area contributed by atoms with Crippen molar-refractivity contribution in [1.82, 2.24) is 0 Å². The van der Waals surface area contributed by atoms with Crippen LogP contribution in [0.1, 0.15) is 41.0 Å². The molecule has 4 heteroatoms. The van der Waals surface area contributed by atoms with Gasteiger partial charge in [0.2, 0.25) is 0 Å². The Labute approximate surface area is 112 Å². The van der Waals surface area contributed by atoms with Crippen molar-refractivity contribution in [3.8, 4) is 0 Å². The molecule has 0 fully saturated rings. The minimum atomic E-state index is -0.423. The first kappa shape index (κ1) is 15.9. The van der Waals surface area contributed by atoms with E-state index in [9.17, 15) is 4.79 Å². The van der Waals surface area contributed by atoms with E-state index < -0.39 is 5.60 Å². The number of hydrogen-bond acceptors (Lipinski definition) is 3. The van der Waals surface area contributed by atoms with E-state index in [4.69, 9.17) is 4.74 Å². The van der Waals surface area contributed by atoms with E-state index in [0.717, 1.165) is 10.8 Å². The van der Waals surface area contributed by atoms with Gasteiger partial charge in [-0.2, -0.15) is 0 Å². The van der Waals surface area contributed by atoms with Crippen LogP contribution < -0.4 is 0 Å². The lowest BCUT2D eigenvalue weighted by Crippen LogP contribution is -2.25. The number of carbonyl (C=O) groups is 1. The molecule has 0 saturated carbocycles. The Morgan fingerprint density at radius 1 is 1.31 bits per heavy atom. The molecular weight excluding hydrogens is 317 g/mol. The predicted octanol–water partition coefficient (Wildman–Crippen LogP) is 3.25. The number of hydrogen-bond donors (Lipinski definition) is 0. The lowest BCUT2D eigenvalue weighted by Gasteiger charge is -2.19. The monoisotopic (exact) mass is 339 g/mol. The maximum Gasteiger partial charge on any atom is 0.328 e. The normalized spacial score (nSPS) is 13.1. The van der Waals surface area contributed by atoms with Crippen LogP contribution in [0, 0.1) is 5.41 Å². The summed E-state index contributed by atoms with van der Waals surface area (Å²) in [4.78, 5) is 15.4. The van der Waals surface area contributed by atoms with Crippen LogP contribution in [0.5, 0.6) is 0 Å². The smallest absolute Gasteiger partial charge is 0.328 e. The van der Waals surface area contributed by atoms with E-state index in [-0.39, 0.29) is 17.9 Å². The second kappa shape index (κ2) is 6.57. The lowest BCUT2D eigenvalue weighted by molar-refractivity contribution is -0.152. The van der Waals surface area contributed by atoms with Gasteiger partial charge in [-0.3, -0.25) is 9.79 Å². The highest BCUT2D eigenvalue weighted by Crippen LogP contribution is 2.21. The Morgan fingerprint density at radius 3 is 2.31 bits per heavy atom. The molecule has 0 rings (SSSR count).